The molecule has 15 heavy (non-hydrogen) atoms. The summed E-state index contributed by atoms with van der Waals surface area (Å²) in [4.78, 5) is 16.0. The van der Waals surface area contributed by atoms with Gasteiger partial charge in [0, 0.05) is 19.1 Å². The zero-order valence-electron chi connectivity index (χ0n) is 9.40. The van der Waals surface area contributed by atoms with Crippen molar-refractivity contribution in [3.8, 4) is 0 Å². The molecular weight excluding hydrogens is 210 g/mol. The molecule has 0 radical (unpaired) electrons. The molecule has 1 amide bonds. The molecule has 1 aliphatic rings. The van der Waals surface area contributed by atoms with Gasteiger partial charge in [-0.25, -0.2) is 0 Å². The standard InChI is InChI=1S/C10H19N3OS/c1-12(2)8-4-3-5-13(7-8)10(14)6-9(11)15/h8H,3-7H2,1-2H3,(H2,11,15). The van der Waals surface area contributed by atoms with E-state index in [-0.39, 0.29) is 17.3 Å². The minimum absolute atomic E-state index is 0.0639. The Morgan fingerprint density at radius 2 is 2.27 bits per heavy atom. The van der Waals surface area contributed by atoms with E-state index in [9.17, 15) is 4.79 Å². The Balaban J connectivity index is 2.48. The first-order chi connectivity index (χ1) is 7.00. The van der Waals surface area contributed by atoms with Gasteiger partial charge in [0.1, 0.15) is 0 Å². The van der Waals surface area contributed by atoms with E-state index in [1.165, 1.54) is 0 Å². The number of likely N-dealkylation sites (tertiary alicyclic amines) is 1. The molecule has 0 spiro atoms. The van der Waals surface area contributed by atoms with Crippen molar-refractivity contribution >= 4 is 23.1 Å². The third-order valence-electron chi connectivity index (χ3n) is 2.80. The first kappa shape index (κ1) is 12.4. The summed E-state index contributed by atoms with van der Waals surface area (Å²) in [6.45, 7) is 1.64. The van der Waals surface area contributed by atoms with Gasteiger partial charge in [0.25, 0.3) is 0 Å². The number of likely N-dealkylation sites (N-methyl/N-ethyl adjacent to an activating group) is 1. The third kappa shape index (κ3) is 3.76. The van der Waals surface area contributed by atoms with Gasteiger partial charge >= 0.3 is 0 Å². The predicted molar refractivity (Wildman–Crippen MR) is 64.7 cm³/mol. The molecule has 1 rings (SSSR count). The van der Waals surface area contributed by atoms with Gasteiger partial charge in [-0.1, -0.05) is 12.2 Å². The number of rotatable bonds is 3. The summed E-state index contributed by atoms with van der Waals surface area (Å²) in [5, 5.41) is 0. The number of carbonyl (C=O) groups excluding carboxylic acids is 1. The number of carbonyl (C=O) groups is 1. The first-order valence-corrected chi connectivity index (χ1v) is 5.64. The summed E-state index contributed by atoms with van der Waals surface area (Å²) in [7, 11) is 4.10. The number of hydrogen-bond donors (Lipinski definition) is 1. The van der Waals surface area contributed by atoms with Gasteiger partial charge in [0.05, 0.1) is 11.4 Å². The van der Waals surface area contributed by atoms with Crippen molar-refractivity contribution in [2.45, 2.75) is 25.3 Å². The van der Waals surface area contributed by atoms with Crippen molar-refractivity contribution in [1.82, 2.24) is 9.80 Å². The fourth-order valence-electron chi connectivity index (χ4n) is 1.86. The molecule has 0 bridgehead atoms. The molecule has 1 heterocycles. The Hall–Kier alpha value is -0.680. The monoisotopic (exact) mass is 229 g/mol. The Labute approximate surface area is 96.4 Å². The van der Waals surface area contributed by atoms with E-state index in [1.54, 1.807) is 0 Å². The summed E-state index contributed by atoms with van der Waals surface area (Å²) in [6, 6.07) is 0.467. The SMILES string of the molecule is CN(C)C1CCCN(C(=O)CC(N)=S)C1. The normalized spacial score (nSPS) is 21.8. The minimum atomic E-state index is 0.0639. The maximum atomic E-state index is 11.7. The van der Waals surface area contributed by atoms with Gasteiger partial charge in [-0.3, -0.25) is 4.79 Å². The number of nitrogens with zero attached hydrogens (tertiary/aromatic N) is 2. The van der Waals surface area contributed by atoms with Crippen LogP contribution in [0.3, 0.4) is 0 Å². The van der Waals surface area contributed by atoms with Crippen LogP contribution in [0.2, 0.25) is 0 Å². The molecule has 1 saturated heterocycles. The number of piperidine rings is 1. The molecule has 0 aromatic heterocycles. The second-order valence-electron chi connectivity index (χ2n) is 4.24. The van der Waals surface area contributed by atoms with Crippen molar-refractivity contribution in [3.05, 3.63) is 0 Å². The predicted octanol–water partition coefficient (Wildman–Crippen LogP) is 0.215. The van der Waals surface area contributed by atoms with Crippen molar-refractivity contribution < 1.29 is 4.79 Å². The van der Waals surface area contributed by atoms with Gasteiger partial charge in [-0.05, 0) is 26.9 Å². The van der Waals surface area contributed by atoms with Crippen molar-refractivity contribution in [2.24, 2.45) is 5.73 Å². The highest BCUT2D eigenvalue weighted by atomic mass is 32.1. The second-order valence-corrected chi connectivity index (χ2v) is 4.77. The van der Waals surface area contributed by atoms with E-state index < -0.39 is 0 Å². The summed E-state index contributed by atoms with van der Waals surface area (Å²) < 4.78 is 0. The lowest BCUT2D eigenvalue weighted by Crippen LogP contribution is -2.48. The molecule has 86 valence electrons. The van der Waals surface area contributed by atoms with Gasteiger partial charge in [-0.2, -0.15) is 0 Å². The van der Waals surface area contributed by atoms with Gasteiger partial charge in [-0.15, -0.1) is 0 Å². The van der Waals surface area contributed by atoms with Crippen LogP contribution in [0.15, 0.2) is 0 Å². The number of nitrogens with two attached hydrogens (primary N) is 1. The van der Waals surface area contributed by atoms with E-state index >= 15 is 0 Å². The molecule has 0 aromatic carbocycles. The largest absolute Gasteiger partial charge is 0.393 e. The quantitative estimate of drug-likeness (QED) is 0.703. The molecule has 1 fully saturated rings. The van der Waals surface area contributed by atoms with Crippen LogP contribution in [-0.2, 0) is 4.79 Å². The van der Waals surface area contributed by atoms with Crippen molar-refractivity contribution in [3.63, 3.8) is 0 Å². The van der Waals surface area contributed by atoms with Crippen molar-refractivity contribution in [2.75, 3.05) is 27.2 Å². The third-order valence-corrected chi connectivity index (χ3v) is 2.95. The lowest BCUT2D eigenvalue weighted by atomic mass is 10.0. The van der Waals surface area contributed by atoms with Gasteiger partial charge in [0.2, 0.25) is 5.91 Å². The molecule has 1 unspecified atom stereocenters. The van der Waals surface area contributed by atoms with Gasteiger partial charge in [0.15, 0.2) is 0 Å². The lowest BCUT2D eigenvalue weighted by molar-refractivity contribution is -0.131. The Morgan fingerprint density at radius 3 is 2.80 bits per heavy atom. The number of amides is 1. The average molecular weight is 229 g/mol. The highest BCUT2D eigenvalue weighted by Gasteiger charge is 2.24. The summed E-state index contributed by atoms with van der Waals surface area (Å²) in [5.41, 5.74) is 5.37. The maximum absolute atomic E-state index is 11.7. The zero-order valence-corrected chi connectivity index (χ0v) is 10.2. The summed E-state index contributed by atoms with van der Waals surface area (Å²) >= 11 is 4.74. The number of hydrogen-bond acceptors (Lipinski definition) is 3. The van der Waals surface area contributed by atoms with E-state index in [0.29, 0.717) is 6.04 Å². The Morgan fingerprint density at radius 1 is 1.60 bits per heavy atom. The molecule has 2 N–H and O–H groups in total. The lowest BCUT2D eigenvalue weighted by Gasteiger charge is -2.36. The molecule has 1 aliphatic heterocycles. The molecule has 4 nitrogen and oxygen atoms in total. The summed E-state index contributed by atoms with van der Waals surface area (Å²) in [5.74, 6) is 0.0639. The first-order valence-electron chi connectivity index (χ1n) is 5.23. The second kappa shape index (κ2) is 5.42. The maximum Gasteiger partial charge on any atom is 0.229 e. The Kier molecular flexibility index (Phi) is 4.47. The minimum Gasteiger partial charge on any atom is -0.393 e. The topological polar surface area (TPSA) is 49.6 Å². The average Bonchev–Trinajstić information content (AvgIpc) is 2.17. The van der Waals surface area contributed by atoms with Crippen LogP contribution in [0.25, 0.3) is 0 Å². The smallest absolute Gasteiger partial charge is 0.229 e. The fourth-order valence-corrected chi connectivity index (χ4v) is 1.99. The van der Waals surface area contributed by atoms with Crippen LogP contribution >= 0.6 is 12.2 Å². The van der Waals surface area contributed by atoms with Crippen LogP contribution < -0.4 is 5.73 Å². The molecular formula is C10H19N3OS. The molecule has 0 aliphatic carbocycles. The molecule has 0 aromatic rings. The van der Waals surface area contributed by atoms with Crippen LogP contribution in [0.5, 0.6) is 0 Å². The number of thiocarbonyl (C=S) groups is 1. The van der Waals surface area contributed by atoms with Crippen molar-refractivity contribution in [1.29, 1.82) is 0 Å². The highest BCUT2D eigenvalue weighted by molar-refractivity contribution is 7.80. The summed E-state index contributed by atoms with van der Waals surface area (Å²) in [6.07, 6.45) is 2.42. The fraction of sp³-hybridized carbons (Fsp3) is 0.800. The van der Waals surface area contributed by atoms with Crippen LogP contribution in [0.4, 0.5) is 0 Å². The van der Waals surface area contributed by atoms with E-state index in [0.717, 1.165) is 25.9 Å². The van der Waals surface area contributed by atoms with Crippen LogP contribution in [0.1, 0.15) is 19.3 Å². The molecule has 0 saturated carbocycles. The zero-order chi connectivity index (χ0) is 11.4. The Bertz CT molecular complexity index is 255. The van der Waals surface area contributed by atoms with E-state index in [4.69, 9.17) is 18.0 Å². The molecule has 1 atom stereocenters. The van der Waals surface area contributed by atoms with Gasteiger partial charge < -0.3 is 15.5 Å². The molecule has 5 heteroatoms. The van der Waals surface area contributed by atoms with Crippen LogP contribution in [0, 0.1) is 0 Å². The van der Waals surface area contributed by atoms with E-state index in [2.05, 4.69) is 4.90 Å². The highest BCUT2D eigenvalue weighted by Crippen LogP contribution is 2.14. The van der Waals surface area contributed by atoms with E-state index in [1.807, 2.05) is 19.0 Å². The van der Waals surface area contributed by atoms with Crippen LogP contribution in [-0.4, -0.2) is 53.9 Å².